The first-order valence-electron chi connectivity index (χ1n) is 12.0. The van der Waals surface area contributed by atoms with Crippen LogP contribution in [0.4, 0.5) is 0 Å². The van der Waals surface area contributed by atoms with E-state index in [0.717, 1.165) is 6.42 Å². The van der Waals surface area contributed by atoms with Crippen LogP contribution in [-0.2, 0) is 35.5 Å². The van der Waals surface area contributed by atoms with Gasteiger partial charge in [0.15, 0.2) is 0 Å². The maximum atomic E-state index is 2.50. The number of allylic oxidation sites excluding steroid dienone is 4. The Kier molecular flexibility index (Phi) is 8.44. The average Bonchev–Trinajstić information content (AvgIpc) is 3.18. The minimum Gasteiger partial charge on any atom is -1.00 e. The molecule has 34 heavy (non-hydrogen) atoms. The zero-order valence-electron chi connectivity index (χ0n) is 22.5. The summed E-state index contributed by atoms with van der Waals surface area (Å²) in [5, 5.41) is 0. The summed E-state index contributed by atoms with van der Waals surface area (Å²) in [6, 6.07) is 12.1. The monoisotopic (exact) mass is 571 g/mol. The summed E-state index contributed by atoms with van der Waals surface area (Å²) < 4.78 is 0.505. The summed E-state index contributed by atoms with van der Waals surface area (Å²) in [6.45, 7) is 23.5. The molecule has 0 amide bonds. The van der Waals surface area contributed by atoms with E-state index in [2.05, 4.69) is 106 Å². The summed E-state index contributed by atoms with van der Waals surface area (Å²) in [5.74, 6) is 0. The van der Waals surface area contributed by atoms with Crippen LogP contribution in [0.2, 0.25) is 0 Å². The van der Waals surface area contributed by atoms with Crippen LogP contribution in [-0.4, -0.2) is 0 Å². The molecule has 0 heterocycles. The molecule has 0 N–H and O–H groups in total. The molecule has 1 atom stereocenters. The molecule has 181 valence electrons. The van der Waals surface area contributed by atoms with Crippen molar-refractivity contribution in [3.63, 3.8) is 0 Å². The Morgan fingerprint density at radius 1 is 0.765 bits per heavy atom. The Morgan fingerprint density at radius 2 is 1.35 bits per heavy atom. The molecule has 0 fully saturated rings. The first-order valence-corrected chi connectivity index (χ1v) is 13.5. The van der Waals surface area contributed by atoms with E-state index in [1.54, 1.807) is 47.0 Å². The predicted molar refractivity (Wildman–Crippen MR) is 136 cm³/mol. The molecule has 0 aliphatic heterocycles. The topological polar surface area (TPSA) is 0 Å². The number of hydrogen-bond acceptors (Lipinski definition) is 0. The third-order valence-electron chi connectivity index (χ3n) is 7.36. The molecular weight excluding hydrogens is 534 g/mol. The van der Waals surface area contributed by atoms with Gasteiger partial charge in [0, 0.05) is 0 Å². The summed E-state index contributed by atoms with van der Waals surface area (Å²) in [4.78, 5) is 0. The van der Waals surface area contributed by atoms with Crippen LogP contribution in [0, 0.1) is 5.41 Å². The van der Waals surface area contributed by atoms with Crippen molar-refractivity contribution >= 4 is 5.57 Å². The molecule has 2 aromatic rings. The van der Waals surface area contributed by atoms with Crippen molar-refractivity contribution in [3.05, 3.63) is 75.4 Å². The number of halogens is 2. The van der Waals surface area contributed by atoms with Crippen molar-refractivity contribution in [3.8, 4) is 11.1 Å². The van der Waals surface area contributed by atoms with Gasteiger partial charge < -0.3 is 24.8 Å². The first-order chi connectivity index (χ1) is 14.6. The summed E-state index contributed by atoms with van der Waals surface area (Å²) >= 11 is 1.59. The summed E-state index contributed by atoms with van der Waals surface area (Å²) in [5.41, 5.74) is 15.7. The number of hydrogen-bond donors (Lipinski definition) is 0. The second-order valence-electron chi connectivity index (χ2n) is 12.9. The molecule has 2 aliphatic rings. The van der Waals surface area contributed by atoms with Gasteiger partial charge in [-0.15, -0.1) is 0 Å². The Balaban J connectivity index is 0.00000204. The van der Waals surface area contributed by atoms with Crippen molar-refractivity contribution < 1.29 is 49.5 Å². The third-order valence-corrected chi connectivity index (χ3v) is 8.83. The Morgan fingerprint density at radius 3 is 1.85 bits per heavy atom. The van der Waals surface area contributed by atoms with E-state index in [-0.39, 0.29) is 41.1 Å². The van der Waals surface area contributed by atoms with Gasteiger partial charge in [-0.3, -0.25) is 0 Å². The van der Waals surface area contributed by atoms with Gasteiger partial charge in [0.05, 0.1) is 0 Å². The molecule has 2 aromatic carbocycles. The Bertz CT molecular complexity index is 1160. The number of benzene rings is 2. The van der Waals surface area contributed by atoms with Crippen LogP contribution in [0.5, 0.6) is 0 Å². The number of fused-ring (bicyclic) bond motifs is 3. The number of rotatable bonds is 1. The average molecular weight is 574 g/mol. The Hall–Kier alpha value is -0.617. The van der Waals surface area contributed by atoms with Gasteiger partial charge in [-0.1, -0.05) is 0 Å². The maximum absolute atomic E-state index is 2.50. The molecule has 0 saturated carbocycles. The SMILES string of the molecule is CC1=C(c2c(C(C)(C)C)ccc3c2[CH]([Zr+2])c2cc(C(C)(C)C)ccc2-3)CC(C(C)(C)C)=C1.[Cl-].[Cl-]. The minimum atomic E-state index is 0. The van der Waals surface area contributed by atoms with E-state index in [0.29, 0.717) is 3.63 Å². The van der Waals surface area contributed by atoms with Crippen LogP contribution < -0.4 is 24.8 Å². The fourth-order valence-electron chi connectivity index (χ4n) is 5.27. The van der Waals surface area contributed by atoms with Crippen LogP contribution in [0.1, 0.15) is 107 Å². The third kappa shape index (κ3) is 5.10. The molecule has 0 aromatic heterocycles. The fourth-order valence-corrected chi connectivity index (χ4v) is 6.59. The van der Waals surface area contributed by atoms with Gasteiger partial charge in [0.25, 0.3) is 0 Å². The van der Waals surface area contributed by atoms with Crippen molar-refractivity contribution in [1.82, 2.24) is 0 Å². The molecule has 2 aliphatic carbocycles. The Labute approximate surface area is 235 Å². The van der Waals surface area contributed by atoms with Gasteiger partial charge in [-0.05, 0) is 0 Å². The van der Waals surface area contributed by atoms with Crippen LogP contribution in [0.15, 0.2) is 47.6 Å². The van der Waals surface area contributed by atoms with Gasteiger partial charge in [0.2, 0.25) is 0 Å². The molecule has 0 nitrogen and oxygen atoms in total. The molecule has 3 heteroatoms. The van der Waals surface area contributed by atoms with Crippen molar-refractivity contribution in [2.45, 2.75) is 90.1 Å². The molecule has 0 bridgehead atoms. The maximum Gasteiger partial charge on any atom is -1.00 e. The fraction of sp³-hybridized carbons (Fsp3) is 0.484. The smallest absolute Gasteiger partial charge is 1.00 e. The second kappa shape index (κ2) is 9.69. The zero-order chi connectivity index (χ0) is 23.8. The standard InChI is InChI=1S/C31H39.2ClH.Zr/c1-19-15-22(30(5,6)7)18-25(19)28-26-17-20-16-21(29(2,3)4)11-12-23(20)24(26)13-14-27(28)31(8,9)10;;;/h11-17H,18H2,1-10H3;2*1H;/q;;;+2/p-2. The zero-order valence-corrected chi connectivity index (χ0v) is 26.5. The summed E-state index contributed by atoms with van der Waals surface area (Å²) in [7, 11) is 0. The van der Waals surface area contributed by atoms with Crippen molar-refractivity contribution in [2.75, 3.05) is 0 Å². The molecule has 0 saturated heterocycles. The second-order valence-corrected chi connectivity index (χ2v) is 14.4. The summed E-state index contributed by atoms with van der Waals surface area (Å²) in [6.07, 6.45) is 3.56. The van der Waals surface area contributed by atoms with Gasteiger partial charge in [-0.25, -0.2) is 0 Å². The quantitative estimate of drug-likeness (QED) is 0.492. The first kappa shape index (κ1) is 29.6. The predicted octanol–water partition coefficient (Wildman–Crippen LogP) is 3.06. The normalized spacial score (nSPS) is 17.6. The van der Waals surface area contributed by atoms with E-state index < -0.39 is 0 Å². The molecule has 1 unspecified atom stereocenters. The van der Waals surface area contributed by atoms with E-state index in [1.807, 2.05) is 0 Å². The van der Waals surface area contributed by atoms with E-state index in [1.165, 1.54) is 33.4 Å². The van der Waals surface area contributed by atoms with Gasteiger partial charge in [0.1, 0.15) is 0 Å². The van der Waals surface area contributed by atoms with Crippen LogP contribution >= 0.6 is 0 Å². The van der Waals surface area contributed by atoms with E-state index in [9.17, 15) is 0 Å². The van der Waals surface area contributed by atoms with E-state index >= 15 is 0 Å². The molecule has 4 rings (SSSR count). The largest absolute Gasteiger partial charge is 1.00 e. The molecule has 0 radical (unpaired) electrons. The molecular formula is C31H39Cl2Zr. The van der Waals surface area contributed by atoms with Crippen molar-refractivity contribution in [2.24, 2.45) is 5.41 Å². The van der Waals surface area contributed by atoms with Gasteiger partial charge >= 0.3 is 212 Å². The van der Waals surface area contributed by atoms with Crippen LogP contribution in [0.3, 0.4) is 0 Å². The molecule has 0 spiro atoms. The minimum absolute atomic E-state index is 0. The van der Waals surface area contributed by atoms with E-state index in [4.69, 9.17) is 0 Å². The van der Waals surface area contributed by atoms with Crippen LogP contribution in [0.25, 0.3) is 16.7 Å². The van der Waals surface area contributed by atoms with Gasteiger partial charge in [-0.2, -0.15) is 0 Å². The van der Waals surface area contributed by atoms with Crippen molar-refractivity contribution in [1.29, 1.82) is 0 Å².